The van der Waals surface area contributed by atoms with Crippen LogP contribution in [0.5, 0.6) is 11.5 Å². The van der Waals surface area contributed by atoms with E-state index in [0.29, 0.717) is 30.4 Å². The molecule has 0 aliphatic carbocycles. The fourth-order valence-corrected chi connectivity index (χ4v) is 3.47. The van der Waals surface area contributed by atoms with Crippen molar-refractivity contribution in [3.63, 3.8) is 0 Å². The fourth-order valence-electron chi connectivity index (χ4n) is 3.47. The molecule has 0 radical (unpaired) electrons. The second-order valence-corrected chi connectivity index (χ2v) is 7.32. The zero-order chi connectivity index (χ0) is 20.9. The molecule has 1 aliphatic rings. The highest BCUT2D eigenvalue weighted by Gasteiger charge is 2.24. The lowest BCUT2D eigenvalue weighted by Gasteiger charge is -2.34. The van der Waals surface area contributed by atoms with Crippen LogP contribution >= 0.6 is 0 Å². The van der Waals surface area contributed by atoms with Gasteiger partial charge >= 0.3 is 0 Å². The summed E-state index contributed by atoms with van der Waals surface area (Å²) in [7, 11) is 3.54. The molecule has 8 nitrogen and oxygen atoms in total. The number of hydrogen-bond acceptors (Lipinski definition) is 6. The number of amides is 1. The van der Waals surface area contributed by atoms with Crippen LogP contribution < -0.4 is 9.47 Å². The van der Waals surface area contributed by atoms with Crippen LogP contribution in [0.2, 0.25) is 0 Å². The maximum Gasteiger partial charge on any atom is 0.289 e. The van der Waals surface area contributed by atoms with Gasteiger partial charge in [-0.1, -0.05) is 0 Å². The molecular formula is C22H26N4O4. The first kappa shape index (κ1) is 20.0. The van der Waals surface area contributed by atoms with Gasteiger partial charge in [-0.15, -0.1) is 0 Å². The van der Waals surface area contributed by atoms with Crippen LogP contribution in [0.4, 0.5) is 0 Å². The molecule has 30 heavy (non-hydrogen) atoms. The summed E-state index contributed by atoms with van der Waals surface area (Å²) in [5, 5.41) is 4.21. The van der Waals surface area contributed by atoms with Crippen molar-refractivity contribution in [2.24, 2.45) is 7.05 Å². The SMILES string of the molecule is COc1ccc(OCc2ccc(C(=O)N3CCN(Cc4cnn(C)c4)CC3)o2)cc1. The van der Waals surface area contributed by atoms with Crippen molar-refractivity contribution >= 4 is 5.91 Å². The highest BCUT2D eigenvalue weighted by molar-refractivity contribution is 5.91. The Bertz CT molecular complexity index is 971. The number of benzene rings is 1. The second kappa shape index (κ2) is 9.04. The van der Waals surface area contributed by atoms with Gasteiger partial charge in [0.25, 0.3) is 5.91 Å². The van der Waals surface area contributed by atoms with Crippen LogP contribution in [0.1, 0.15) is 21.9 Å². The lowest BCUT2D eigenvalue weighted by atomic mass is 10.2. The quantitative estimate of drug-likeness (QED) is 0.596. The molecular weight excluding hydrogens is 384 g/mol. The number of aromatic nitrogens is 2. The number of aryl methyl sites for hydroxylation is 1. The van der Waals surface area contributed by atoms with Crippen LogP contribution in [0.3, 0.4) is 0 Å². The van der Waals surface area contributed by atoms with Gasteiger partial charge in [0, 0.05) is 51.5 Å². The van der Waals surface area contributed by atoms with E-state index in [1.54, 1.807) is 19.2 Å². The lowest BCUT2D eigenvalue weighted by molar-refractivity contribution is 0.0594. The molecule has 1 amide bonds. The number of rotatable bonds is 7. The number of nitrogens with zero attached hydrogens (tertiary/aromatic N) is 4. The number of furan rings is 1. The summed E-state index contributed by atoms with van der Waals surface area (Å²) >= 11 is 0. The molecule has 2 aromatic heterocycles. The minimum atomic E-state index is -0.0771. The Morgan fingerprint density at radius 1 is 1.07 bits per heavy atom. The van der Waals surface area contributed by atoms with Gasteiger partial charge in [0.05, 0.1) is 13.3 Å². The summed E-state index contributed by atoms with van der Waals surface area (Å²) in [6.07, 6.45) is 3.91. The van der Waals surface area contributed by atoms with Crippen LogP contribution in [0.25, 0.3) is 0 Å². The first-order valence-electron chi connectivity index (χ1n) is 9.95. The Kier molecular flexibility index (Phi) is 6.04. The average molecular weight is 410 g/mol. The van der Waals surface area contributed by atoms with Gasteiger partial charge in [-0.05, 0) is 36.4 Å². The minimum Gasteiger partial charge on any atom is -0.497 e. The zero-order valence-electron chi connectivity index (χ0n) is 17.3. The van der Waals surface area contributed by atoms with E-state index in [1.807, 2.05) is 53.3 Å². The molecule has 0 spiro atoms. The molecule has 1 aliphatic heterocycles. The first-order valence-corrected chi connectivity index (χ1v) is 9.95. The van der Waals surface area contributed by atoms with Crippen molar-refractivity contribution in [3.8, 4) is 11.5 Å². The molecule has 0 atom stereocenters. The number of ether oxygens (including phenoxy) is 2. The molecule has 3 aromatic rings. The Labute approximate surface area is 175 Å². The number of carbonyl (C=O) groups excluding carboxylic acids is 1. The van der Waals surface area contributed by atoms with Gasteiger partial charge in [0.1, 0.15) is 23.9 Å². The summed E-state index contributed by atoms with van der Waals surface area (Å²) < 4.78 is 18.4. The molecule has 4 rings (SSSR count). The van der Waals surface area contributed by atoms with Crippen LogP contribution in [-0.2, 0) is 20.2 Å². The van der Waals surface area contributed by atoms with E-state index >= 15 is 0 Å². The predicted molar refractivity (Wildman–Crippen MR) is 110 cm³/mol. The van der Waals surface area contributed by atoms with Crippen molar-refractivity contribution < 1.29 is 18.7 Å². The highest BCUT2D eigenvalue weighted by atomic mass is 16.5. The van der Waals surface area contributed by atoms with Crippen molar-refractivity contribution in [2.75, 3.05) is 33.3 Å². The standard InChI is InChI=1S/C22H26N4O4/c1-24-14-17(13-23-24)15-25-9-11-26(12-10-25)22(27)21-8-7-20(30-21)16-29-19-5-3-18(28-2)4-6-19/h3-8,13-14H,9-12,15-16H2,1-2H3. The largest absolute Gasteiger partial charge is 0.497 e. The molecule has 158 valence electrons. The number of methoxy groups -OCH3 is 1. The molecule has 1 aromatic carbocycles. The summed E-state index contributed by atoms with van der Waals surface area (Å²) in [6, 6.07) is 10.8. The number of piperazine rings is 1. The van der Waals surface area contributed by atoms with E-state index in [9.17, 15) is 4.79 Å². The van der Waals surface area contributed by atoms with Gasteiger partial charge in [-0.2, -0.15) is 5.10 Å². The number of hydrogen-bond donors (Lipinski definition) is 0. The lowest BCUT2D eigenvalue weighted by Crippen LogP contribution is -2.48. The third-order valence-corrected chi connectivity index (χ3v) is 5.14. The Balaban J connectivity index is 1.26. The van der Waals surface area contributed by atoms with E-state index in [-0.39, 0.29) is 12.5 Å². The highest BCUT2D eigenvalue weighted by Crippen LogP contribution is 2.19. The van der Waals surface area contributed by atoms with Gasteiger partial charge in [-0.3, -0.25) is 14.4 Å². The van der Waals surface area contributed by atoms with Gasteiger partial charge < -0.3 is 18.8 Å². The molecule has 0 N–H and O–H groups in total. The molecule has 0 bridgehead atoms. The Morgan fingerprint density at radius 3 is 2.47 bits per heavy atom. The van der Waals surface area contributed by atoms with Crippen molar-refractivity contribution in [2.45, 2.75) is 13.2 Å². The van der Waals surface area contributed by atoms with Crippen molar-refractivity contribution in [1.82, 2.24) is 19.6 Å². The van der Waals surface area contributed by atoms with E-state index in [0.717, 1.165) is 25.4 Å². The van der Waals surface area contributed by atoms with Crippen molar-refractivity contribution in [1.29, 1.82) is 0 Å². The van der Waals surface area contributed by atoms with E-state index in [2.05, 4.69) is 10.00 Å². The summed E-state index contributed by atoms with van der Waals surface area (Å²) in [5.41, 5.74) is 1.19. The summed E-state index contributed by atoms with van der Waals surface area (Å²) in [6.45, 7) is 4.13. The monoisotopic (exact) mass is 410 g/mol. The molecule has 8 heteroatoms. The summed E-state index contributed by atoms with van der Waals surface area (Å²) in [5.74, 6) is 2.37. The van der Waals surface area contributed by atoms with Gasteiger partial charge in [0.2, 0.25) is 0 Å². The maximum atomic E-state index is 12.8. The normalized spacial score (nSPS) is 14.7. The smallest absolute Gasteiger partial charge is 0.289 e. The third kappa shape index (κ3) is 4.83. The first-order chi connectivity index (χ1) is 14.6. The molecule has 0 saturated carbocycles. The second-order valence-electron chi connectivity index (χ2n) is 7.32. The van der Waals surface area contributed by atoms with Gasteiger partial charge in [0.15, 0.2) is 5.76 Å². The van der Waals surface area contributed by atoms with E-state index in [1.165, 1.54) is 5.56 Å². The van der Waals surface area contributed by atoms with Gasteiger partial charge in [-0.25, -0.2) is 0 Å². The molecule has 1 fully saturated rings. The zero-order valence-corrected chi connectivity index (χ0v) is 17.3. The van der Waals surface area contributed by atoms with E-state index < -0.39 is 0 Å². The fraction of sp³-hybridized carbons (Fsp3) is 0.364. The average Bonchev–Trinajstić information content (AvgIpc) is 3.41. The van der Waals surface area contributed by atoms with Crippen LogP contribution in [0, 0.1) is 0 Å². The maximum absolute atomic E-state index is 12.8. The minimum absolute atomic E-state index is 0.0771. The van der Waals surface area contributed by atoms with E-state index in [4.69, 9.17) is 13.9 Å². The Morgan fingerprint density at radius 2 is 1.80 bits per heavy atom. The topological polar surface area (TPSA) is 73.0 Å². The van der Waals surface area contributed by atoms with Crippen LogP contribution in [0.15, 0.2) is 53.2 Å². The third-order valence-electron chi connectivity index (χ3n) is 5.14. The molecule has 0 unspecified atom stereocenters. The molecule has 3 heterocycles. The summed E-state index contributed by atoms with van der Waals surface area (Å²) in [4.78, 5) is 16.9. The molecule has 1 saturated heterocycles. The predicted octanol–water partition coefficient (Wildman–Crippen LogP) is 2.56. The number of carbonyl (C=O) groups is 1. The van der Waals surface area contributed by atoms with Crippen LogP contribution in [-0.4, -0.2) is 58.8 Å². The Hall–Kier alpha value is -3.26. The van der Waals surface area contributed by atoms with Crippen molar-refractivity contribution in [3.05, 3.63) is 65.9 Å².